The summed E-state index contributed by atoms with van der Waals surface area (Å²) in [6.07, 6.45) is 1.35. The van der Waals surface area contributed by atoms with Gasteiger partial charge in [-0.25, -0.2) is 9.78 Å². The summed E-state index contributed by atoms with van der Waals surface area (Å²) in [4.78, 5) is 32.4. The molecule has 3 aromatic rings. The normalized spacial score (nSPS) is 11.1. The lowest BCUT2D eigenvalue weighted by molar-refractivity contribution is 0.102. The predicted octanol–water partition coefficient (Wildman–Crippen LogP) is 2.82. The van der Waals surface area contributed by atoms with Crippen LogP contribution in [0.5, 0.6) is 0 Å². The number of hydrogen-bond donors (Lipinski definition) is 3. The van der Waals surface area contributed by atoms with Crippen LogP contribution in [0.3, 0.4) is 0 Å². The molecule has 2 heterocycles. The van der Waals surface area contributed by atoms with Crippen molar-refractivity contribution in [3.8, 4) is 0 Å². The molecule has 0 bridgehead atoms. The number of H-pyrrole nitrogens is 2. The zero-order valence-corrected chi connectivity index (χ0v) is 12.3. The van der Waals surface area contributed by atoms with Crippen molar-refractivity contribution in [2.24, 2.45) is 0 Å². The number of anilines is 1. The summed E-state index contributed by atoms with van der Waals surface area (Å²) in [7, 11) is 0. The molecule has 3 N–H and O–H groups in total. The van der Waals surface area contributed by atoms with Crippen molar-refractivity contribution in [2.45, 2.75) is 10.8 Å². The monoisotopic (exact) mass is 336 g/mol. The van der Waals surface area contributed by atoms with Crippen molar-refractivity contribution in [1.29, 1.82) is 0 Å². The first-order valence-electron chi connectivity index (χ1n) is 6.46. The molecule has 23 heavy (non-hydrogen) atoms. The molecule has 0 unspecified atom stereocenters. The van der Waals surface area contributed by atoms with Gasteiger partial charge in [0.1, 0.15) is 5.03 Å². The SMILES string of the molecule is O=C(Nc1ccc2[nH]c(=O)[nH]c2c1)c1cccnc1SC(F)F. The third-order valence-corrected chi connectivity index (χ3v) is 3.72. The minimum Gasteiger partial charge on any atom is -0.322 e. The third-order valence-electron chi connectivity index (χ3n) is 2.99. The quantitative estimate of drug-likeness (QED) is 0.639. The van der Waals surface area contributed by atoms with Crippen molar-refractivity contribution in [2.75, 3.05) is 5.32 Å². The third kappa shape index (κ3) is 3.39. The van der Waals surface area contributed by atoms with Gasteiger partial charge in [-0.05, 0) is 42.1 Å². The van der Waals surface area contributed by atoms with Gasteiger partial charge < -0.3 is 15.3 Å². The van der Waals surface area contributed by atoms with Crippen LogP contribution in [-0.4, -0.2) is 26.6 Å². The summed E-state index contributed by atoms with van der Waals surface area (Å²) in [6.45, 7) is 0. The van der Waals surface area contributed by atoms with Gasteiger partial charge in [-0.2, -0.15) is 8.78 Å². The summed E-state index contributed by atoms with van der Waals surface area (Å²) in [5, 5.41) is 2.55. The number of carbonyl (C=O) groups is 1. The van der Waals surface area contributed by atoms with E-state index in [0.29, 0.717) is 16.7 Å². The number of carbonyl (C=O) groups excluding carboxylic acids is 1. The van der Waals surface area contributed by atoms with Gasteiger partial charge in [-0.1, -0.05) is 0 Å². The fraction of sp³-hybridized carbons (Fsp3) is 0.0714. The van der Waals surface area contributed by atoms with Crippen LogP contribution in [0.4, 0.5) is 14.5 Å². The average molecular weight is 336 g/mol. The largest absolute Gasteiger partial charge is 0.323 e. The molecule has 0 spiro atoms. The number of fused-ring (bicyclic) bond motifs is 1. The fourth-order valence-corrected chi connectivity index (χ4v) is 2.63. The highest BCUT2D eigenvalue weighted by molar-refractivity contribution is 7.99. The van der Waals surface area contributed by atoms with Gasteiger partial charge in [0.15, 0.2) is 0 Å². The highest BCUT2D eigenvalue weighted by Crippen LogP contribution is 2.27. The molecule has 118 valence electrons. The fourth-order valence-electron chi connectivity index (χ4n) is 2.05. The molecule has 3 rings (SSSR count). The molecule has 0 aliphatic heterocycles. The van der Waals surface area contributed by atoms with E-state index in [9.17, 15) is 18.4 Å². The van der Waals surface area contributed by atoms with Crippen LogP contribution in [0, 0.1) is 0 Å². The minimum absolute atomic E-state index is 0.0453. The molecule has 9 heteroatoms. The van der Waals surface area contributed by atoms with Gasteiger partial charge in [-0.3, -0.25) is 4.79 Å². The number of imidazole rings is 1. The lowest BCUT2D eigenvalue weighted by Crippen LogP contribution is -2.13. The standard InChI is InChI=1S/C14H10F2N4O2S/c15-13(16)23-12-8(2-1-5-17-12)11(21)18-7-3-4-9-10(6-7)20-14(22)19-9/h1-6,13H,(H,18,21)(H2,19,20,22). The van der Waals surface area contributed by atoms with Gasteiger partial charge in [-0.15, -0.1) is 0 Å². The number of benzene rings is 1. The number of nitrogens with zero attached hydrogens (tertiary/aromatic N) is 1. The number of halogens is 2. The van der Waals surface area contributed by atoms with E-state index in [2.05, 4.69) is 20.3 Å². The molecule has 0 atom stereocenters. The molecular weight excluding hydrogens is 326 g/mol. The number of alkyl halides is 2. The van der Waals surface area contributed by atoms with E-state index in [1.807, 2.05) is 0 Å². The number of amides is 1. The van der Waals surface area contributed by atoms with Crippen LogP contribution in [0.1, 0.15) is 10.4 Å². The first-order valence-corrected chi connectivity index (χ1v) is 7.34. The number of thioether (sulfide) groups is 1. The van der Waals surface area contributed by atoms with E-state index in [4.69, 9.17) is 0 Å². The van der Waals surface area contributed by atoms with Crippen molar-refractivity contribution >= 4 is 34.4 Å². The van der Waals surface area contributed by atoms with Gasteiger partial charge in [0.25, 0.3) is 11.7 Å². The van der Waals surface area contributed by atoms with Crippen LogP contribution >= 0.6 is 11.8 Å². The Morgan fingerprint density at radius 1 is 1.22 bits per heavy atom. The molecule has 0 radical (unpaired) electrons. The molecule has 0 aliphatic carbocycles. The topological polar surface area (TPSA) is 90.6 Å². The van der Waals surface area contributed by atoms with Gasteiger partial charge >= 0.3 is 5.69 Å². The van der Waals surface area contributed by atoms with E-state index in [1.165, 1.54) is 18.3 Å². The Balaban J connectivity index is 1.87. The molecule has 0 aliphatic rings. The zero-order valence-electron chi connectivity index (χ0n) is 11.5. The molecule has 0 saturated heterocycles. The first kappa shape index (κ1) is 15.2. The number of nitrogens with one attached hydrogen (secondary N) is 3. The van der Waals surface area contributed by atoms with E-state index in [0.717, 1.165) is 0 Å². The number of aromatic amines is 2. The molecule has 1 amide bonds. The molecule has 6 nitrogen and oxygen atoms in total. The highest BCUT2D eigenvalue weighted by atomic mass is 32.2. The van der Waals surface area contributed by atoms with E-state index in [-0.39, 0.29) is 28.0 Å². The minimum atomic E-state index is -2.67. The predicted molar refractivity (Wildman–Crippen MR) is 83.0 cm³/mol. The van der Waals surface area contributed by atoms with Crippen LogP contribution < -0.4 is 11.0 Å². The van der Waals surface area contributed by atoms with Crippen molar-refractivity contribution in [1.82, 2.24) is 15.0 Å². The number of rotatable bonds is 4. The van der Waals surface area contributed by atoms with Crippen molar-refractivity contribution < 1.29 is 13.6 Å². The molecule has 0 fully saturated rings. The molecular formula is C14H10F2N4O2S. The Hall–Kier alpha value is -2.68. The Bertz CT molecular complexity index is 922. The summed E-state index contributed by atoms with van der Waals surface area (Å²) in [5.41, 5.74) is 1.26. The van der Waals surface area contributed by atoms with Gasteiger partial charge in [0.05, 0.1) is 16.6 Å². The summed E-state index contributed by atoms with van der Waals surface area (Å²) >= 11 is 0.212. The van der Waals surface area contributed by atoms with Gasteiger partial charge in [0.2, 0.25) is 0 Å². The molecule has 2 aromatic heterocycles. The maximum absolute atomic E-state index is 12.5. The second kappa shape index (κ2) is 6.21. The van der Waals surface area contributed by atoms with E-state index >= 15 is 0 Å². The lowest BCUT2D eigenvalue weighted by atomic mass is 10.2. The Morgan fingerprint density at radius 3 is 2.78 bits per heavy atom. The van der Waals surface area contributed by atoms with Crippen LogP contribution in [-0.2, 0) is 0 Å². The second-order valence-electron chi connectivity index (χ2n) is 4.53. The lowest BCUT2D eigenvalue weighted by Gasteiger charge is -2.08. The highest BCUT2D eigenvalue weighted by Gasteiger charge is 2.17. The van der Waals surface area contributed by atoms with Crippen LogP contribution in [0.25, 0.3) is 11.0 Å². The van der Waals surface area contributed by atoms with Gasteiger partial charge in [0, 0.05) is 11.9 Å². The zero-order chi connectivity index (χ0) is 16.4. The number of pyridine rings is 1. The first-order chi connectivity index (χ1) is 11.0. The molecule has 1 aromatic carbocycles. The van der Waals surface area contributed by atoms with Crippen LogP contribution in [0.2, 0.25) is 0 Å². The Labute approximate surface area is 132 Å². The van der Waals surface area contributed by atoms with E-state index in [1.54, 1.807) is 18.2 Å². The summed E-state index contributed by atoms with van der Waals surface area (Å²) in [5.74, 6) is -3.23. The summed E-state index contributed by atoms with van der Waals surface area (Å²) < 4.78 is 25.0. The average Bonchev–Trinajstić information content (AvgIpc) is 2.86. The molecule has 0 saturated carbocycles. The number of aromatic nitrogens is 3. The maximum atomic E-state index is 12.5. The van der Waals surface area contributed by atoms with Crippen LogP contribution in [0.15, 0.2) is 46.3 Å². The van der Waals surface area contributed by atoms with E-state index < -0.39 is 11.7 Å². The second-order valence-corrected chi connectivity index (χ2v) is 5.51. The Kier molecular flexibility index (Phi) is 4.11. The Morgan fingerprint density at radius 2 is 2.00 bits per heavy atom. The van der Waals surface area contributed by atoms with Crippen molar-refractivity contribution in [3.63, 3.8) is 0 Å². The van der Waals surface area contributed by atoms with Crippen molar-refractivity contribution in [3.05, 3.63) is 52.6 Å². The maximum Gasteiger partial charge on any atom is 0.323 e. The smallest absolute Gasteiger partial charge is 0.322 e. The summed E-state index contributed by atoms with van der Waals surface area (Å²) in [6, 6.07) is 7.71. The number of hydrogen-bond acceptors (Lipinski definition) is 4.